The van der Waals surface area contributed by atoms with Crippen LogP contribution in [0.5, 0.6) is 0 Å². The van der Waals surface area contributed by atoms with Crippen molar-refractivity contribution in [1.82, 2.24) is 0 Å². The molecule has 66 valence electrons. The number of methoxy groups -OCH3 is 1. The van der Waals surface area contributed by atoms with Crippen LogP contribution < -0.4 is 0 Å². The van der Waals surface area contributed by atoms with E-state index in [-0.39, 0.29) is 6.16 Å². The minimum Gasteiger partial charge on any atom is -0.468 e. The van der Waals surface area contributed by atoms with Gasteiger partial charge in [0.2, 0.25) is 0 Å². The first-order chi connectivity index (χ1) is 5.11. The van der Waals surface area contributed by atoms with Crippen molar-refractivity contribution in [3.63, 3.8) is 0 Å². The second-order valence-electron chi connectivity index (χ2n) is 1.85. The van der Waals surface area contributed by atoms with Crippen LogP contribution in [0, 0.1) is 0 Å². The second kappa shape index (κ2) is 5.63. The van der Waals surface area contributed by atoms with E-state index >= 15 is 0 Å². The van der Waals surface area contributed by atoms with Gasteiger partial charge in [-0.2, -0.15) is 0 Å². The molecule has 0 aliphatic rings. The van der Waals surface area contributed by atoms with Crippen LogP contribution in [0.25, 0.3) is 0 Å². The molecule has 0 spiro atoms. The summed E-state index contributed by atoms with van der Waals surface area (Å²) >= 11 is 1.22. The third-order valence-electron chi connectivity index (χ3n) is 1.11. The summed E-state index contributed by atoms with van der Waals surface area (Å²) in [6, 6.07) is 0. The molecule has 0 aliphatic carbocycles. The van der Waals surface area contributed by atoms with Crippen LogP contribution >= 0.6 is 19.8 Å². The van der Waals surface area contributed by atoms with Gasteiger partial charge >= 0.3 is 5.97 Å². The SMILES string of the molecule is COC(=O)C(C[PH](=O)O)SC. The van der Waals surface area contributed by atoms with Crippen molar-refractivity contribution in [1.29, 1.82) is 0 Å². The highest BCUT2D eigenvalue weighted by molar-refractivity contribution is 8.00. The fraction of sp³-hybridized carbons (Fsp3) is 0.800. The lowest BCUT2D eigenvalue weighted by Gasteiger charge is -2.08. The zero-order chi connectivity index (χ0) is 8.85. The van der Waals surface area contributed by atoms with Gasteiger partial charge in [0.05, 0.1) is 7.11 Å². The standard InChI is InChI=1S/C5H11O4PS/c1-9-5(6)4(11-2)3-10(7)8/h4,10H,3H2,1-2H3,(H,7,8). The van der Waals surface area contributed by atoms with Crippen molar-refractivity contribution in [2.45, 2.75) is 5.25 Å². The average Bonchev–Trinajstić information content (AvgIpc) is 1.98. The molecular formula is C5H11O4PS. The molecule has 0 bridgehead atoms. The molecule has 0 rings (SSSR count). The van der Waals surface area contributed by atoms with Gasteiger partial charge in [0.15, 0.2) is 8.03 Å². The monoisotopic (exact) mass is 198 g/mol. The fourth-order valence-electron chi connectivity index (χ4n) is 0.553. The lowest BCUT2D eigenvalue weighted by molar-refractivity contribution is -0.139. The summed E-state index contributed by atoms with van der Waals surface area (Å²) in [5.74, 6) is -0.440. The van der Waals surface area contributed by atoms with Crippen molar-refractivity contribution in [2.75, 3.05) is 19.5 Å². The van der Waals surface area contributed by atoms with Crippen molar-refractivity contribution >= 4 is 25.8 Å². The second-order valence-corrected chi connectivity index (χ2v) is 4.08. The van der Waals surface area contributed by atoms with Crippen LogP contribution in [0.3, 0.4) is 0 Å². The molecule has 1 N–H and O–H groups in total. The van der Waals surface area contributed by atoms with Gasteiger partial charge in [-0.25, -0.2) is 0 Å². The Kier molecular flexibility index (Phi) is 5.64. The van der Waals surface area contributed by atoms with Gasteiger partial charge < -0.3 is 9.63 Å². The highest BCUT2D eigenvalue weighted by Gasteiger charge is 2.19. The summed E-state index contributed by atoms with van der Waals surface area (Å²) in [5, 5.41) is -0.503. The summed E-state index contributed by atoms with van der Waals surface area (Å²) in [7, 11) is -1.31. The molecule has 0 radical (unpaired) electrons. The quantitative estimate of drug-likeness (QED) is 0.522. The van der Waals surface area contributed by atoms with Crippen LogP contribution in [0.15, 0.2) is 0 Å². The molecule has 0 aromatic carbocycles. The molecule has 6 heteroatoms. The number of thioether (sulfide) groups is 1. The number of hydrogen-bond donors (Lipinski definition) is 1. The molecule has 0 aromatic heterocycles. The Morgan fingerprint density at radius 3 is 2.64 bits per heavy atom. The summed E-state index contributed by atoms with van der Waals surface area (Å²) < 4.78 is 14.8. The van der Waals surface area contributed by atoms with Crippen molar-refractivity contribution < 1.29 is 19.0 Å². The summed E-state index contributed by atoms with van der Waals surface area (Å²) in [6.07, 6.45) is 1.70. The third-order valence-corrected chi connectivity index (χ3v) is 3.09. The summed E-state index contributed by atoms with van der Waals surface area (Å²) in [6.45, 7) is 0. The Morgan fingerprint density at radius 1 is 1.82 bits per heavy atom. The third kappa shape index (κ3) is 4.45. The minimum absolute atomic E-state index is 0.00148. The van der Waals surface area contributed by atoms with E-state index < -0.39 is 19.2 Å². The number of carbonyl (C=O) groups excluding carboxylic acids is 1. The van der Waals surface area contributed by atoms with Gasteiger partial charge in [-0.15, -0.1) is 11.8 Å². The minimum atomic E-state index is -2.57. The maximum absolute atomic E-state index is 10.8. The Hall–Kier alpha value is 0.01000. The topological polar surface area (TPSA) is 63.6 Å². The van der Waals surface area contributed by atoms with Gasteiger partial charge in [-0.3, -0.25) is 9.36 Å². The van der Waals surface area contributed by atoms with Crippen LogP contribution in [-0.2, 0) is 14.1 Å². The Labute approximate surface area is 70.2 Å². The van der Waals surface area contributed by atoms with E-state index in [9.17, 15) is 9.36 Å². The first-order valence-corrected chi connectivity index (χ1v) is 5.79. The molecule has 0 amide bonds. The van der Waals surface area contributed by atoms with E-state index in [0.717, 1.165) is 0 Å². The van der Waals surface area contributed by atoms with E-state index in [1.54, 1.807) is 6.26 Å². The van der Waals surface area contributed by atoms with Gasteiger partial charge in [0, 0.05) is 6.16 Å². The van der Waals surface area contributed by atoms with E-state index in [1.165, 1.54) is 18.9 Å². The molecule has 0 saturated carbocycles. The molecule has 4 nitrogen and oxygen atoms in total. The van der Waals surface area contributed by atoms with Gasteiger partial charge in [0.1, 0.15) is 5.25 Å². The van der Waals surface area contributed by atoms with Crippen LogP contribution in [0.2, 0.25) is 0 Å². The van der Waals surface area contributed by atoms with Crippen LogP contribution in [-0.4, -0.2) is 35.6 Å². The zero-order valence-electron chi connectivity index (χ0n) is 6.36. The predicted octanol–water partition coefficient (Wildman–Crippen LogP) is 0.358. The Bertz CT molecular complexity index is 161. The smallest absolute Gasteiger partial charge is 0.319 e. The van der Waals surface area contributed by atoms with Crippen molar-refractivity contribution in [3.8, 4) is 0 Å². The highest BCUT2D eigenvalue weighted by atomic mass is 32.2. The van der Waals surface area contributed by atoms with E-state index in [2.05, 4.69) is 4.74 Å². The van der Waals surface area contributed by atoms with E-state index in [4.69, 9.17) is 4.89 Å². The largest absolute Gasteiger partial charge is 0.468 e. The first-order valence-electron chi connectivity index (χ1n) is 2.94. The lowest BCUT2D eigenvalue weighted by Crippen LogP contribution is -2.20. The van der Waals surface area contributed by atoms with Crippen LogP contribution in [0.1, 0.15) is 0 Å². The number of hydrogen-bond acceptors (Lipinski definition) is 4. The number of esters is 1. The van der Waals surface area contributed by atoms with E-state index in [1.807, 2.05) is 0 Å². The number of rotatable bonds is 4. The number of carbonyl (C=O) groups is 1. The van der Waals surface area contributed by atoms with Gasteiger partial charge in [-0.1, -0.05) is 0 Å². The molecular weight excluding hydrogens is 187 g/mol. The van der Waals surface area contributed by atoms with E-state index in [0.29, 0.717) is 0 Å². The molecule has 0 aromatic rings. The molecule has 0 heterocycles. The predicted molar refractivity (Wildman–Crippen MR) is 45.4 cm³/mol. The molecule has 0 fully saturated rings. The van der Waals surface area contributed by atoms with Gasteiger partial charge in [-0.05, 0) is 6.26 Å². The zero-order valence-corrected chi connectivity index (χ0v) is 8.18. The average molecular weight is 198 g/mol. The number of ether oxygens (including phenoxy) is 1. The summed E-state index contributed by atoms with van der Waals surface area (Å²) in [5.41, 5.74) is 0. The van der Waals surface area contributed by atoms with Crippen LogP contribution in [0.4, 0.5) is 0 Å². The fourth-order valence-corrected chi connectivity index (χ4v) is 2.42. The Morgan fingerprint density at radius 2 is 2.36 bits per heavy atom. The lowest BCUT2D eigenvalue weighted by atomic mass is 10.5. The maximum Gasteiger partial charge on any atom is 0.319 e. The normalized spacial score (nSPS) is 15.5. The maximum atomic E-state index is 10.8. The summed E-state index contributed by atoms with van der Waals surface area (Å²) in [4.78, 5) is 19.3. The molecule has 11 heavy (non-hydrogen) atoms. The molecule has 2 atom stereocenters. The van der Waals surface area contributed by atoms with Gasteiger partial charge in [0.25, 0.3) is 0 Å². The molecule has 2 unspecified atom stereocenters. The van der Waals surface area contributed by atoms with Crippen molar-refractivity contribution in [3.05, 3.63) is 0 Å². The molecule has 0 saturated heterocycles. The van der Waals surface area contributed by atoms with Crippen molar-refractivity contribution in [2.24, 2.45) is 0 Å². The highest BCUT2D eigenvalue weighted by Crippen LogP contribution is 2.21. The molecule has 0 aliphatic heterocycles. The first kappa shape index (κ1) is 11.0. The Balaban J connectivity index is 3.94.